The number of hydrogen-bond donors (Lipinski definition) is 0. The predicted molar refractivity (Wildman–Crippen MR) is 227 cm³/mol. The van der Waals surface area contributed by atoms with E-state index in [9.17, 15) is 4.79 Å². The van der Waals surface area contributed by atoms with Gasteiger partial charge in [-0.15, -0.1) is 0 Å². The first-order chi connectivity index (χ1) is 25.5. The van der Waals surface area contributed by atoms with Gasteiger partial charge in [0.15, 0.2) is 11.5 Å². The number of ether oxygens (including phenoxy) is 3. The fourth-order valence-electron chi connectivity index (χ4n) is 7.33. The van der Waals surface area contributed by atoms with Crippen molar-refractivity contribution in [1.82, 2.24) is 24.5 Å². The number of halogens is 1. The minimum atomic E-state index is -1.29. The number of nitrogens with zero attached hydrogens (tertiary/aromatic N) is 6. The zero-order chi connectivity index (χ0) is 38.8. The first kappa shape index (κ1) is 40.6. The zero-order valence-electron chi connectivity index (χ0n) is 33.7. The summed E-state index contributed by atoms with van der Waals surface area (Å²) < 4.78 is 21.5. The Balaban J connectivity index is 1.40. The number of hydrogen-bond acceptors (Lipinski definition) is 8. The molecule has 0 spiro atoms. The lowest BCUT2D eigenvalue weighted by atomic mass is 9.88. The van der Waals surface area contributed by atoms with E-state index in [0.717, 1.165) is 81.8 Å². The minimum absolute atomic E-state index is 0.0991. The van der Waals surface area contributed by atoms with Crippen LogP contribution >= 0.6 is 15.9 Å². The molecule has 54 heavy (non-hydrogen) atoms. The van der Waals surface area contributed by atoms with E-state index in [2.05, 4.69) is 84.4 Å². The molecular weight excluding hydrogens is 777 g/mol. The van der Waals surface area contributed by atoms with Crippen molar-refractivity contribution < 1.29 is 19.0 Å². The van der Waals surface area contributed by atoms with E-state index < -0.39 is 21.7 Å². The molecule has 0 N–H and O–H groups in total. The number of anilines is 1. The Kier molecular flexibility index (Phi) is 12.4. The molecule has 5 heterocycles. The van der Waals surface area contributed by atoms with Crippen LogP contribution in [-0.4, -0.2) is 91.1 Å². The van der Waals surface area contributed by atoms with Gasteiger partial charge in [-0.05, 0) is 80.5 Å². The van der Waals surface area contributed by atoms with Crippen molar-refractivity contribution >= 4 is 49.6 Å². The van der Waals surface area contributed by atoms with Crippen molar-refractivity contribution in [2.45, 2.75) is 121 Å². The van der Waals surface area contributed by atoms with E-state index in [1.54, 1.807) is 0 Å². The maximum atomic E-state index is 13.4. The molecule has 2 aliphatic rings. The van der Waals surface area contributed by atoms with Crippen LogP contribution in [0.2, 0.25) is 51.4 Å². The second kappa shape index (κ2) is 16.6. The summed E-state index contributed by atoms with van der Waals surface area (Å²) >= 11 is 4.09. The highest BCUT2D eigenvalue weighted by atomic mass is 79.9. The van der Waals surface area contributed by atoms with Crippen molar-refractivity contribution in [1.29, 1.82) is 0 Å². The molecule has 4 aromatic rings. The third kappa shape index (κ3) is 10.0. The van der Waals surface area contributed by atoms with Crippen molar-refractivity contribution in [2.75, 3.05) is 31.6 Å². The molecule has 0 radical (unpaired) electrons. The first-order valence-corrected chi connectivity index (χ1v) is 27.7. The van der Waals surface area contributed by atoms with Crippen LogP contribution in [0.15, 0.2) is 59.3 Å². The van der Waals surface area contributed by atoms with Gasteiger partial charge in [-0.1, -0.05) is 75.7 Å². The molecule has 10 nitrogen and oxygen atoms in total. The van der Waals surface area contributed by atoms with E-state index in [4.69, 9.17) is 29.3 Å². The number of benzene rings is 1. The van der Waals surface area contributed by atoms with Crippen LogP contribution in [0, 0.1) is 0 Å². The summed E-state index contributed by atoms with van der Waals surface area (Å²) in [6, 6.07) is 16.7. The van der Waals surface area contributed by atoms with Crippen molar-refractivity contribution in [3.05, 3.63) is 65.0 Å². The van der Waals surface area contributed by atoms with E-state index in [1.807, 2.05) is 60.8 Å². The number of amides is 1. The van der Waals surface area contributed by atoms with Gasteiger partial charge in [-0.3, -0.25) is 4.98 Å². The summed E-state index contributed by atoms with van der Waals surface area (Å²) in [6.07, 6.45) is 7.16. The Labute approximate surface area is 332 Å². The largest absolute Gasteiger partial charge is 0.444 e. The number of rotatable bonds is 14. The molecule has 3 atom stereocenters. The van der Waals surface area contributed by atoms with Crippen LogP contribution < -0.4 is 4.90 Å². The van der Waals surface area contributed by atoms with Gasteiger partial charge in [0.1, 0.15) is 19.1 Å². The average Bonchev–Trinajstić information content (AvgIpc) is 3.63. The Morgan fingerprint density at radius 1 is 0.870 bits per heavy atom. The first-order valence-electron chi connectivity index (χ1n) is 19.5. The molecule has 0 aliphatic carbocycles. The van der Waals surface area contributed by atoms with Gasteiger partial charge in [-0.25, -0.2) is 9.78 Å². The summed E-state index contributed by atoms with van der Waals surface area (Å²) in [5.41, 5.74) is 5.03. The zero-order valence-corrected chi connectivity index (χ0v) is 37.3. The van der Waals surface area contributed by atoms with Crippen LogP contribution in [0.5, 0.6) is 0 Å². The Morgan fingerprint density at radius 3 is 2.02 bits per heavy atom. The molecular formula is C41H59BrN6O4Si2. The molecule has 292 valence electrons. The van der Waals surface area contributed by atoms with Gasteiger partial charge in [0.05, 0.1) is 22.1 Å². The SMILES string of the molecule is CC(C)(C)OC(=O)N1[C@@H]2CC[C@H]1C[C@@H](c1nc3c(-c4ccc(-c5ccccc5)nc4)cnn3c(N(COCC[Si](C)(C)C)COCC[Si](C)(C)C)c1Br)C2. The average molecular weight is 836 g/mol. The topological polar surface area (TPSA) is 94.3 Å². The fourth-order valence-corrected chi connectivity index (χ4v) is 9.68. The summed E-state index contributed by atoms with van der Waals surface area (Å²) in [6.45, 7) is 22.1. The van der Waals surface area contributed by atoms with Gasteiger partial charge in [-0.2, -0.15) is 9.61 Å². The van der Waals surface area contributed by atoms with E-state index in [-0.39, 0.29) is 24.1 Å². The standard InChI is InChI=1S/C41H59BrN6O4Si2/c1-41(2,3)52-40(49)47-32-16-17-33(47)24-31(23-32)37-36(42)39(46(27-50-19-21-53(4,5)6)28-51-20-22-54(7,8)9)48-38(45-37)34(26-44-48)30-15-18-35(43-25-30)29-13-11-10-12-14-29/h10-15,18,25-26,31-33H,16-17,19-24,27-28H2,1-9H3/t31-,32+,33-. The predicted octanol–water partition coefficient (Wildman–Crippen LogP) is 10.3. The van der Waals surface area contributed by atoms with Crippen molar-refractivity contribution in [2.24, 2.45) is 0 Å². The second-order valence-corrected chi connectivity index (χ2v) is 30.4. The monoisotopic (exact) mass is 834 g/mol. The lowest BCUT2D eigenvalue weighted by molar-refractivity contribution is 0.00566. The highest BCUT2D eigenvalue weighted by molar-refractivity contribution is 9.10. The number of aromatic nitrogens is 4. The molecule has 0 saturated carbocycles. The summed E-state index contributed by atoms with van der Waals surface area (Å²) in [5, 5.41) is 4.98. The minimum Gasteiger partial charge on any atom is -0.444 e. The van der Waals surface area contributed by atoms with Gasteiger partial charge >= 0.3 is 6.09 Å². The van der Waals surface area contributed by atoms with E-state index in [0.29, 0.717) is 26.7 Å². The number of fused-ring (bicyclic) bond motifs is 3. The number of carbonyl (C=O) groups is 1. The number of carbonyl (C=O) groups excluding carboxylic acids is 1. The van der Waals surface area contributed by atoms with Crippen LogP contribution in [-0.2, 0) is 14.2 Å². The van der Waals surface area contributed by atoms with Gasteiger partial charge < -0.3 is 24.0 Å². The molecule has 0 unspecified atom stereocenters. The molecule has 2 fully saturated rings. The summed E-state index contributed by atoms with van der Waals surface area (Å²) in [7, 11) is -2.58. The van der Waals surface area contributed by atoms with Crippen molar-refractivity contribution in [3.8, 4) is 22.4 Å². The molecule has 2 bridgehead atoms. The van der Waals surface area contributed by atoms with Gasteiger partial charge in [0, 0.05) is 70.3 Å². The quantitative estimate of drug-likeness (QED) is 0.0704. The second-order valence-electron chi connectivity index (χ2n) is 18.4. The molecule has 1 aromatic carbocycles. The normalized spacial score (nSPS) is 19.1. The molecule has 2 saturated heterocycles. The molecule has 13 heteroatoms. The lowest BCUT2D eigenvalue weighted by Crippen LogP contribution is -2.48. The van der Waals surface area contributed by atoms with Crippen LogP contribution in [0.4, 0.5) is 10.6 Å². The van der Waals surface area contributed by atoms with E-state index >= 15 is 0 Å². The van der Waals surface area contributed by atoms with Crippen LogP contribution in [0.1, 0.15) is 58.1 Å². The Morgan fingerprint density at radius 2 is 1.48 bits per heavy atom. The smallest absolute Gasteiger partial charge is 0.410 e. The fraction of sp³-hybridized carbons (Fsp3) is 0.561. The molecule has 3 aromatic heterocycles. The van der Waals surface area contributed by atoms with Gasteiger partial charge in [0.2, 0.25) is 0 Å². The number of piperidine rings is 1. The van der Waals surface area contributed by atoms with Gasteiger partial charge in [0.25, 0.3) is 0 Å². The van der Waals surface area contributed by atoms with Crippen LogP contribution in [0.3, 0.4) is 0 Å². The molecule has 6 rings (SSSR count). The van der Waals surface area contributed by atoms with E-state index in [1.165, 1.54) is 0 Å². The van der Waals surface area contributed by atoms with Crippen LogP contribution in [0.25, 0.3) is 28.0 Å². The maximum absolute atomic E-state index is 13.4. The number of pyridine rings is 1. The lowest BCUT2D eigenvalue weighted by Gasteiger charge is -2.39. The van der Waals surface area contributed by atoms with Crippen molar-refractivity contribution in [3.63, 3.8) is 0 Å². The summed E-state index contributed by atoms with van der Waals surface area (Å²) in [4.78, 5) is 27.8. The third-order valence-electron chi connectivity index (χ3n) is 10.2. The third-order valence-corrected chi connectivity index (χ3v) is 14.4. The highest BCUT2D eigenvalue weighted by Crippen LogP contribution is 2.47. The molecule has 2 aliphatic heterocycles. The molecule has 1 amide bonds. The highest BCUT2D eigenvalue weighted by Gasteiger charge is 2.46. The Bertz CT molecular complexity index is 1850. The summed E-state index contributed by atoms with van der Waals surface area (Å²) in [5.74, 6) is 0.987. The Hall–Kier alpha value is -3.11. The maximum Gasteiger partial charge on any atom is 0.410 e.